The molecule has 6 nitrogen and oxygen atoms in total. The number of hydrogen-bond donors (Lipinski definition) is 3. The highest BCUT2D eigenvalue weighted by molar-refractivity contribution is 5.92. The highest BCUT2D eigenvalue weighted by atomic mass is 16.3. The number of rotatable bonds is 4. The normalized spacial score (nSPS) is 13.3. The average Bonchev–Trinajstić information content (AvgIpc) is 2.93. The van der Waals surface area contributed by atoms with Gasteiger partial charge in [0.15, 0.2) is 0 Å². The van der Waals surface area contributed by atoms with Gasteiger partial charge in [-0.1, -0.05) is 12.1 Å². The van der Waals surface area contributed by atoms with Crippen LogP contribution in [0.1, 0.15) is 22.5 Å². The zero-order valence-corrected chi connectivity index (χ0v) is 11.7. The molecule has 1 aliphatic heterocycles. The summed E-state index contributed by atoms with van der Waals surface area (Å²) in [6, 6.07) is 6.99. The molecule has 0 atom stereocenters. The number of carbonyl (C=O) groups is 1. The number of aryl methyl sites for hydroxylation is 1. The van der Waals surface area contributed by atoms with Crippen molar-refractivity contribution in [2.75, 3.05) is 18.4 Å². The van der Waals surface area contributed by atoms with Crippen molar-refractivity contribution in [2.45, 2.75) is 19.4 Å². The van der Waals surface area contributed by atoms with Crippen LogP contribution in [0, 0.1) is 0 Å². The van der Waals surface area contributed by atoms with E-state index in [1.165, 1.54) is 0 Å². The van der Waals surface area contributed by atoms with Gasteiger partial charge in [0.2, 0.25) is 5.95 Å². The van der Waals surface area contributed by atoms with Gasteiger partial charge in [-0.3, -0.25) is 4.79 Å². The van der Waals surface area contributed by atoms with E-state index in [9.17, 15) is 9.90 Å². The minimum atomic E-state index is -0.155. The maximum atomic E-state index is 12.1. The molecule has 0 aliphatic carbocycles. The number of fused-ring (bicyclic) bond motifs is 1. The lowest BCUT2D eigenvalue weighted by molar-refractivity contribution is 0.0949. The molecule has 1 amide bonds. The Hall–Kier alpha value is -2.50. The summed E-state index contributed by atoms with van der Waals surface area (Å²) in [5, 5.41) is 15.3. The molecule has 0 spiro atoms. The Morgan fingerprint density at radius 3 is 2.95 bits per heavy atom. The van der Waals surface area contributed by atoms with E-state index in [2.05, 4.69) is 15.6 Å². The molecular weight excluding hydrogens is 268 g/mol. The maximum absolute atomic E-state index is 12.1. The van der Waals surface area contributed by atoms with Gasteiger partial charge in [0.25, 0.3) is 5.91 Å². The third-order valence-corrected chi connectivity index (χ3v) is 3.50. The summed E-state index contributed by atoms with van der Waals surface area (Å²) in [6.07, 6.45) is 3.56. The van der Waals surface area contributed by atoms with Gasteiger partial charge in [0.1, 0.15) is 11.4 Å². The maximum Gasteiger partial charge on any atom is 0.271 e. The number of nitrogens with one attached hydrogen (secondary N) is 2. The van der Waals surface area contributed by atoms with Gasteiger partial charge in [-0.05, 0) is 30.5 Å². The third-order valence-electron chi connectivity index (χ3n) is 3.50. The smallest absolute Gasteiger partial charge is 0.271 e. The van der Waals surface area contributed by atoms with Crippen molar-refractivity contribution < 1.29 is 9.90 Å². The molecule has 3 rings (SSSR count). The number of hydrogen-bond acceptors (Lipinski definition) is 4. The Labute approximate surface area is 122 Å². The predicted molar refractivity (Wildman–Crippen MR) is 79.5 cm³/mol. The van der Waals surface area contributed by atoms with Crippen LogP contribution in [0.5, 0.6) is 5.75 Å². The Morgan fingerprint density at radius 2 is 2.19 bits per heavy atom. The molecule has 21 heavy (non-hydrogen) atoms. The number of phenols is 1. The first kappa shape index (κ1) is 13.5. The van der Waals surface area contributed by atoms with Crippen molar-refractivity contribution in [3.63, 3.8) is 0 Å². The molecule has 1 aliphatic rings. The van der Waals surface area contributed by atoms with Crippen LogP contribution in [0.3, 0.4) is 0 Å². The van der Waals surface area contributed by atoms with Gasteiger partial charge in [0.05, 0.1) is 0 Å². The molecule has 110 valence electrons. The molecule has 0 unspecified atom stereocenters. The molecule has 2 heterocycles. The lowest BCUT2D eigenvalue weighted by atomic mass is 10.1. The lowest BCUT2D eigenvalue weighted by Crippen LogP contribution is -2.26. The first-order valence-corrected chi connectivity index (χ1v) is 7.09. The van der Waals surface area contributed by atoms with Gasteiger partial charge in [0, 0.05) is 25.8 Å². The molecule has 0 fully saturated rings. The summed E-state index contributed by atoms with van der Waals surface area (Å²) < 4.78 is 1.97. The zero-order chi connectivity index (χ0) is 14.7. The second-order valence-corrected chi connectivity index (χ2v) is 5.10. The van der Waals surface area contributed by atoms with E-state index in [1.54, 1.807) is 18.3 Å². The molecule has 0 saturated heterocycles. The number of imidazole rings is 1. The molecule has 6 heteroatoms. The van der Waals surface area contributed by atoms with Crippen LogP contribution in [-0.4, -0.2) is 33.7 Å². The van der Waals surface area contributed by atoms with Crippen LogP contribution >= 0.6 is 0 Å². The van der Waals surface area contributed by atoms with Gasteiger partial charge < -0.3 is 20.3 Å². The van der Waals surface area contributed by atoms with E-state index < -0.39 is 0 Å². The quantitative estimate of drug-likeness (QED) is 0.793. The van der Waals surface area contributed by atoms with Gasteiger partial charge in [-0.15, -0.1) is 0 Å². The minimum Gasteiger partial charge on any atom is -0.508 e. The van der Waals surface area contributed by atoms with Crippen LogP contribution in [-0.2, 0) is 13.0 Å². The topological polar surface area (TPSA) is 79.2 Å². The van der Waals surface area contributed by atoms with E-state index >= 15 is 0 Å². The van der Waals surface area contributed by atoms with E-state index in [-0.39, 0.29) is 11.7 Å². The van der Waals surface area contributed by atoms with Crippen molar-refractivity contribution in [2.24, 2.45) is 0 Å². The second kappa shape index (κ2) is 5.87. The Morgan fingerprint density at radius 1 is 1.38 bits per heavy atom. The molecule has 1 aromatic carbocycles. The first-order chi connectivity index (χ1) is 10.2. The van der Waals surface area contributed by atoms with Gasteiger partial charge in [-0.25, -0.2) is 4.98 Å². The second-order valence-electron chi connectivity index (χ2n) is 5.10. The number of aromatic nitrogens is 2. The first-order valence-electron chi connectivity index (χ1n) is 7.09. The highest BCUT2D eigenvalue weighted by Gasteiger charge is 2.15. The molecule has 2 aromatic rings. The predicted octanol–water partition coefficient (Wildman–Crippen LogP) is 1.38. The van der Waals surface area contributed by atoms with Crippen LogP contribution in [0.2, 0.25) is 0 Å². The van der Waals surface area contributed by atoms with Crippen molar-refractivity contribution in [3.8, 4) is 5.75 Å². The van der Waals surface area contributed by atoms with E-state index in [0.717, 1.165) is 37.4 Å². The molecular formula is C15H18N4O2. The summed E-state index contributed by atoms with van der Waals surface area (Å²) >= 11 is 0. The molecule has 0 bridgehead atoms. The Kier molecular flexibility index (Phi) is 3.77. The summed E-state index contributed by atoms with van der Waals surface area (Å²) in [7, 11) is 0. The van der Waals surface area contributed by atoms with E-state index in [1.807, 2.05) is 16.7 Å². The highest BCUT2D eigenvalue weighted by Crippen LogP contribution is 2.14. The lowest BCUT2D eigenvalue weighted by Gasteiger charge is -2.14. The van der Waals surface area contributed by atoms with Gasteiger partial charge in [-0.2, -0.15) is 0 Å². The van der Waals surface area contributed by atoms with Crippen molar-refractivity contribution in [1.29, 1.82) is 0 Å². The zero-order valence-electron chi connectivity index (χ0n) is 11.7. The molecule has 3 N–H and O–H groups in total. The Balaban J connectivity index is 1.54. The van der Waals surface area contributed by atoms with Crippen molar-refractivity contribution >= 4 is 11.9 Å². The molecule has 0 radical (unpaired) electrons. The summed E-state index contributed by atoms with van der Waals surface area (Å²) in [6.45, 7) is 2.34. The number of phenolic OH excluding ortho intramolecular Hbond substituents is 1. The average molecular weight is 286 g/mol. The summed E-state index contributed by atoms with van der Waals surface area (Å²) in [5.41, 5.74) is 1.52. The SMILES string of the molecule is O=C(NCCc1ccc(O)cc1)c1cn2c(n1)NCCC2. The summed E-state index contributed by atoms with van der Waals surface area (Å²) in [4.78, 5) is 16.3. The van der Waals surface area contributed by atoms with E-state index in [0.29, 0.717) is 12.2 Å². The van der Waals surface area contributed by atoms with Crippen LogP contribution in [0.4, 0.5) is 5.95 Å². The fourth-order valence-corrected chi connectivity index (χ4v) is 2.36. The minimum absolute atomic E-state index is 0.155. The fraction of sp³-hybridized carbons (Fsp3) is 0.333. The fourth-order valence-electron chi connectivity index (χ4n) is 2.36. The largest absolute Gasteiger partial charge is 0.508 e. The van der Waals surface area contributed by atoms with Crippen LogP contribution < -0.4 is 10.6 Å². The van der Waals surface area contributed by atoms with Crippen LogP contribution in [0.15, 0.2) is 30.5 Å². The number of amides is 1. The number of anilines is 1. The Bertz CT molecular complexity index is 610. The van der Waals surface area contributed by atoms with Gasteiger partial charge >= 0.3 is 0 Å². The van der Waals surface area contributed by atoms with Crippen molar-refractivity contribution in [3.05, 3.63) is 41.7 Å². The number of nitrogens with zero attached hydrogens (tertiary/aromatic N) is 2. The van der Waals surface area contributed by atoms with Crippen molar-refractivity contribution in [1.82, 2.24) is 14.9 Å². The third kappa shape index (κ3) is 3.16. The number of carbonyl (C=O) groups excluding carboxylic acids is 1. The molecule has 0 saturated carbocycles. The monoisotopic (exact) mass is 286 g/mol. The standard InChI is InChI=1S/C15H18N4O2/c20-12-4-2-11(3-5-12)6-8-16-14(21)13-10-19-9-1-7-17-15(19)18-13/h2-5,10,20H,1,6-9H2,(H,16,21)(H,17,18). The summed E-state index contributed by atoms with van der Waals surface area (Å²) in [5.74, 6) is 0.862. The van der Waals surface area contributed by atoms with Crippen LogP contribution in [0.25, 0.3) is 0 Å². The number of aromatic hydroxyl groups is 1. The molecule has 1 aromatic heterocycles. The number of benzene rings is 1. The van der Waals surface area contributed by atoms with E-state index in [4.69, 9.17) is 0 Å².